The molecule has 0 spiro atoms. The van der Waals surface area contributed by atoms with Gasteiger partial charge in [0.2, 0.25) is 5.91 Å². The summed E-state index contributed by atoms with van der Waals surface area (Å²) in [5.41, 5.74) is 1.47. The maximum absolute atomic E-state index is 12.1. The number of nitrogens with zero attached hydrogens (tertiary/aromatic N) is 2. The maximum Gasteiger partial charge on any atom is 0.411 e. The van der Waals surface area contributed by atoms with E-state index in [0.717, 1.165) is 5.56 Å². The van der Waals surface area contributed by atoms with E-state index in [1.54, 1.807) is 32.3 Å². The van der Waals surface area contributed by atoms with Crippen LogP contribution in [-0.4, -0.2) is 56.7 Å². The lowest BCUT2D eigenvalue weighted by Crippen LogP contribution is -2.42. The minimum absolute atomic E-state index is 0. The number of benzene rings is 1. The average molecular weight is 502 g/mol. The Morgan fingerprint density at radius 2 is 1.89 bits per heavy atom. The molecule has 1 amide bonds. The standard InChI is InChI=1S/C17H25F3N4O2.HI/c1-4-21-16(23-10-15(25)24(2)3)22-9-13-6-5-7-14(8-13)11-26-12-17(18,19)20;/h5-8H,4,9-12H2,1-3H3,(H2,21,22,23);1H. The smallest absolute Gasteiger partial charge is 0.367 e. The van der Waals surface area contributed by atoms with Crippen LogP contribution in [0.2, 0.25) is 0 Å². The number of hydrogen-bond acceptors (Lipinski definition) is 3. The fraction of sp³-hybridized carbons (Fsp3) is 0.529. The summed E-state index contributed by atoms with van der Waals surface area (Å²) in [4.78, 5) is 17.5. The van der Waals surface area contributed by atoms with Crippen LogP contribution in [0.4, 0.5) is 13.2 Å². The molecule has 0 aliphatic heterocycles. The van der Waals surface area contributed by atoms with E-state index in [9.17, 15) is 18.0 Å². The van der Waals surface area contributed by atoms with Gasteiger partial charge in [0.25, 0.3) is 0 Å². The van der Waals surface area contributed by atoms with Gasteiger partial charge in [-0.3, -0.25) is 4.79 Å². The van der Waals surface area contributed by atoms with Gasteiger partial charge in [-0.1, -0.05) is 24.3 Å². The fourth-order valence-electron chi connectivity index (χ4n) is 1.93. The predicted octanol–water partition coefficient (Wildman–Crippen LogP) is 2.53. The number of likely N-dealkylation sites (N-methyl/N-ethyl adjacent to an activating group) is 1. The van der Waals surface area contributed by atoms with Crippen LogP contribution in [0.5, 0.6) is 0 Å². The number of carbonyl (C=O) groups excluding carboxylic acids is 1. The van der Waals surface area contributed by atoms with E-state index in [1.165, 1.54) is 4.90 Å². The number of carbonyl (C=O) groups is 1. The van der Waals surface area contributed by atoms with Crippen LogP contribution in [-0.2, 0) is 22.7 Å². The molecule has 0 saturated carbocycles. The fourth-order valence-corrected chi connectivity index (χ4v) is 1.93. The molecule has 0 atom stereocenters. The molecule has 1 aromatic carbocycles. The topological polar surface area (TPSA) is 66.0 Å². The van der Waals surface area contributed by atoms with E-state index in [4.69, 9.17) is 0 Å². The Hall–Kier alpha value is -1.56. The van der Waals surface area contributed by atoms with Crippen molar-refractivity contribution < 1.29 is 22.7 Å². The predicted molar refractivity (Wildman–Crippen MR) is 109 cm³/mol. The van der Waals surface area contributed by atoms with E-state index >= 15 is 0 Å². The van der Waals surface area contributed by atoms with Crippen LogP contribution in [0, 0.1) is 0 Å². The quantitative estimate of drug-likeness (QED) is 0.326. The second-order valence-electron chi connectivity index (χ2n) is 5.76. The Bertz CT molecular complexity index is 610. The molecule has 2 N–H and O–H groups in total. The molecule has 0 radical (unpaired) electrons. The van der Waals surface area contributed by atoms with Crippen LogP contribution in [0.15, 0.2) is 29.3 Å². The number of hydrogen-bond donors (Lipinski definition) is 2. The zero-order chi connectivity index (χ0) is 19.6. The molecule has 1 rings (SSSR count). The van der Waals surface area contributed by atoms with Crippen molar-refractivity contribution in [2.24, 2.45) is 4.99 Å². The van der Waals surface area contributed by atoms with E-state index in [-0.39, 0.29) is 43.0 Å². The molecule has 0 bridgehead atoms. The van der Waals surface area contributed by atoms with E-state index < -0.39 is 12.8 Å². The number of guanidine groups is 1. The number of alkyl halides is 3. The van der Waals surface area contributed by atoms with Crippen molar-refractivity contribution in [3.63, 3.8) is 0 Å². The minimum Gasteiger partial charge on any atom is -0.367 e. The average Bonchev–Trinajstić information content (AvgIpc) is 2.56. The Morgan fingerprint density at radius 3 is 2.48 bits per heavy atom. The highest BCUT2D eigenvalue weighted by atomic mass is 127. The Balaban J connectivity index is 0.00000676. The van der Waals surface area contributed by atoms with Crippen LogP contribution < -0.4 is 10.6 Å². The molecule has 0 aliphatic carbocycles. The normalized spacial score (nSPS) is 11.6. The van der Waals surface area contributed by atoms with Gasteiger partial charge in [0.05, 0.1) is 19.7 Å². The SMILES string of the molecule is CCNC(=NCc1cccc(COCC(F)(F)F)c1)NCC(=O)N(C)C.I. The van der Waals surface area contributed by atoms with E-state index in [0.29, 0.717) is 24.6 Å². The number of amides is 1. The van der Waals surface area contributed by atoms with Crippen molar-refractivity contribution in [2.45, 2.75) is 26.3 Å². The third kappa shape index (κ3) is 11.7. The monoisotopic (exact) mass is 502 g/mol. The number of ether oxygens (including phenoxy) is 1. The lowest BCUT2D eigenvalue weighted by Gasteiger charge is -2.14. The Morgan fingerprint density at radius 1 is 1.22 bits per heavy atom. The summed E-state index contributed by atoms with van der Waals surface area (Å²) >= 11 is 0. The third-order valence-electron chi connectivity index (χ3n) is 3.20. The molecule has 0 heterocycles. The molecular formula is C17H26F3IN4O2. The Kier molecular flexibility index (Phi) is 12.0. The van der Waals surface area contributed by atoms with Crippen molar-refractivity contribution in [1.82, 2.24) is 15.5 Å². The van der Waals surface area contributed by atoms with Gasteiger partial charge in [0.1, 0.15) is 6.61 Å². The molecule has 0 aromatic heterocycles. The van der Waals surface area contributed by atoms with Crippen LogP contribution >= 0.6 is 24.0 Å². The first-order valence-electron chi connectivity index (χ1n) is 8.16. The molecule has 27 heavy (non-hydrogen) atoms. The Labute approximate surface area is 174 Å². The summed E-state index contributed by atoms with van der Waals surface area (Å²) in [6.45, 7) is 1.58. The lowest BCUT2D eigenvalue weighted by molar-refractivity contribution is -0.176. The summed E-state index contributed by atoms with van der Waals surface area (Å²) in [5.74, 6) is 0.404. The highest BCUT2D eigenvalue weighted by Gasteiger charge is 2.27. The van der Waals surface area contributed by atoms with Gasteiger partial charge in [0.15, 0.2) is 5.96 Å². The van der Waals surface area contributed by atoms with Crippen molar-refractivity contribution in [3.05, 3.63) is 35.4 Å². The van der Waals surface area contributed by atoms with E-state index in [2.05, 4.69) is 20.4 Å². The molecule has 154 valence electrons. The first kappa shape index (κ1) is 25.4. The largest absolute Gasteiger partial charge is 0.411 e. The molecular weight excluding hydrogens is 476 g/mol. The van der Waals surface area contributed by atoms with Gasteiger partial charge < -0.3 is 20.3 Å². The van der Waals surface area contributed by atoms with Crippen LogP contribution in [0.1, 0.15) is 18.1 Å². The molecule has 0 unspecified atom stereocenters. The van der Waals surface area contributed by atoms with Gasteiger partial charge in [-0.05, 0) is 18.1 Å². The van der Waals surface area contributed by atoms with E-state index in [1.807, 2.05) is 13.0 Å². The molecule has 6 nitrogen and oxygen atoms in total. The number of halogens is 4. The highest BCUT2D eigenvalue weighted by Crippen LogP contribution is 2.16. The first-order valence-corrected chi connectivity index (χ1v) is 8.16. The second-order valence-corrected chi connectivity index (χ2v) is 5.76. The lowest BCUT2D eigenvalue weighted by atomic mass is 10.1. The number of nitrogens with one attached hydrogen (secondary N) is 2. The molecule has 0 aliphatic rings. The van der Waals surface area contributed by atoms with Crippen molar-refractivity contribution in [2.75, 3.05) is 33.8 Å². The van der Waals surface area contributed by atoms with Crippen molar-refractivity contribution in [1.29, 1.82) is 0 Å². The summed E-state index contributed by atoms with van der Waals surface area (Å²) < 4.78 is 41.0. The van der Waals surface area contributed by atoms with Gasteiger partial charge >= 0.3 is 6.18 Å². The summed E-state index contributed by atoms with van der Waals surface area (Å²) in [6.07, 6.45) is -4.34. The number of rotatable bonds is 8. The zero-order valence-electron chi connectivity index (χ0n) is 15.6. The minimum atomic E-state index is -4.34. The first-order chi connectivity index (χ1) is 12.2. The molecule has 0 fully saturated rings. The van der Waals surface area contributed by atoms with Crippen LogP contribution in [0.3, 0.4) is 0 Å². The van der Waals surface area contributed by atoms with Crippen molar-refractivity contribution in [3.8, 4) is 0 Å². The van der Waals surface area contributed by atoms with Crippen LogP contribution in [0.25, 0.3) is 0 Å². The summed E-state index contributed by atoms with van der Waals surface area (Å²) in [5, 5.41) is 5.97. The highest BCUT2D eigenvalue weighted by molar-refractivity contribution is 14.0. The van der Waals surface area contributed by atoms with Gasteiger partial charge in [-0.2, -0.15) is 13.2 Å². The zero-order valence-corrected chi connectivity index (χ0v) is 17.9. The number of aliphatic imine (C=N–C) groups is 1. The summed E-state index contributed by atoms with van der Waals surface area (Å²) in [7, 11) is 3.33. The van der Waals surface area contributed by atoms with Gasteiger partial charge in [-0.25, -0.2) is 4.99 Å². The second kappa shape index (κ2) is 12.8. The van der Waals surface area contributed by atoms with Crippen molar-refractivity contribution >= 4 is 35.8 Å². The molecule has 1 aromatic rings. The van der Waals surface area contributed by atoms with Gasteiger partial charge in [-0.15, -0.1) is 24.0 Å². The maximum atomic E-state index is 12.1. The van der Waals surface area contributed by atoms with Gasteiger partial charge in [0, 0.05) is 20.6 Å². The third-order valence-corrected chi connectivity index (χ3v) is 3.20. The summed E-state index contributed by atoms with van der Waals surface area (Å²) in [6, 6.07) is 7.01. The molecule has 10 heteroatoms. The molecule has 0 saturated heterocycles.